The molecule has 0 bridgehead atoms. The molecule has 2 rings (SSSR count). The van der Waals surface area contributed by atoms with Gasteiger partial charge in [-0.15, -0.1) is 0 Å². The van der Waals surface area contributed by atoms with Gasteiger partial charge in [0.2, 0.25) is 0 Å². The Morgan fingerprint density at radius 1 is 1.38 bits per heavy atom. The van der Waals surface area contributed by atoms with Gasteiger partial charge in [-0.25, -0.2) is 0 Å². The SMILES string of the molecule is CCCC1CC1N1CCNC(CC(C)C)C1. The first-order valence-corrected chi connectivity index (χ1v) is 7.18. The van der Waals surface area contributed by atoms with Gasteiger partial charge in [-0.05, 0) is 31.1 Å². The van der Waals surface area contributed by atoms with Gasteiger partial charge < -0.3 is 5.32 Å². The fourth-order valence-electron chi connectivity index (χ4n) is 3.24. The van der Waals surface area contributed by atoms with Crippen LogP contribution in [-0.4, -0.2) is 36.6 Å². The summed E-state index contributed by atoms with van der Waals surface area (Å²) in [6, 6.07) is 1.69. The summed E-state index contributed by atoms with van der Waals surface area (Å²) >= 11 is 0. The maximum absolute atomic E-state index is 3.67. The van der Waals surface area contributed by atoms with Crippen LogP contribution in [0.25, 0.3) is 0 Å². The van der Waals surface area contributed by atoms with E-state index in [1.165, 1.54) is 45.3 Å². The molecular formula is C14H28N2. The second kappa shape index (κ2) is 5.50. The van der Waals surface area contributed by atoms with E-state index in [-0.39, 0.29) is 0 Å². The van der Waals surface area contributed by atoms with Gasteiger partial charge in [0.1, 0.15) is 0 Å². The minimum atomic E-state index is 0.747. The van der Waals surface area contributed by atoms with Gasteiger partial charge in [-0.3, -0.25) is 4.90 Å². The van der Waals surface area contributed by atoms with Gasteiger partial charge >= 0.3 is 0 Å². The maximum Gasteiger partial charge on any atom is 0.0198 e. The highest BCUT2D eigenvalue weighted by molar-refractivity contribution is 4.97. The summed E-state index contributed by atoms with van der Waals surface area (Å²) in [5.41, 5.74) is 0. The Kier molecular flexibility index (Phi) is 4.26. The molecule has 94 valence electrons. The molecule has 3 atom stereocenters. The van der Waals surface area contributed by atoms with E-state index < -0.39 is 0 Å². The lowest BCUT2D eigenvalue weighted by Crippen LogP contribution is -2.52. The van der Waals surface area contributed by atoms with Gasteiger partial charge in [-0.2, -0.15) is 0 Å². The second-order valence-electron chi connectivity index (χ2n) is 6.13. The molecule has 2 heteroatoms. The van der Waals surface area contributed by atoms with Gasteiger partial charge in [0.15, 0.2) is 0 Å². The summed E-state index contributed by atoms with van der Waals surface area (Å²) < 4.78 is 0. The third kappa shape index (κ3) is 3.21. The molecule has 0 amide bonds. The Hall–Kier alpha value is -0.0800. The molecule has 1 saturated heterocycles. The Morgan fingerprint density at radius 3 is 2.88 bits per heavy atom. The maximum atomic E-state index is 3.67. The molecule has 2 fully saturated rings. The molecule has 0 radical (unpaired) electrons. The predicted molar refractivity (Wildman–Crippen MR) is 69.6 cm³/mol. The van der Waals surface area contributed by atoms with Crippen molar-refractivity contribution >= 4 is 0 Å². The van der Waals surface area contributed by atoms with Crippen LogP contribution in [0.5, 0.6) is 0 Å². The average molecular weight is 224 g/mol. The standard InChI is InChI=1S/C14H28N2/c1-4-5-12-9-14(12)16-7-6-15-13(10-16)8-11(2)3/h11-15H,4-10H2,1-3H3. The van der Waals surface area contributed by atoms with Crippen molar-refractivity contribution in [3.63, 3.8) is 0 Å². The molecule has 1 heterocycles. The average Bonchev–Trinajstić information content (AvgIpc) is 2.97. The highest BCUT2D eigenvalue weighted by Crippen LogP contribution is 2.39. The first-order valence-electron chi connectivity index (χ1n) is 7.18. The summed E-state index contributed by atoms with van der Waals surface area (Å²) in [5, 5.41) is 3.67. The lowest BCUT2D eigenvalue weighted by molar-refractivity contribution is 0.171. The van der Waals surface area contributed by atoms with Crippen molar-refractivity contribution in [3.8, 4) is 0 Å². The highest BCUT2D eigenvalue weighted by Gasteiger charge is 2.41. The van der Waals surface area contributed by atoms with E-state index in [2.05, 4.69) is 31.0 Å². The summed E-state index contributed by atoms with van der Waals surface area (Å²) in [6.07, 6.45) is 5.62. The zero-order valence-corrected chi connectivity index (χ0v) is 11.2. The molecule has 3 unspecified atom stereocenters. The number of rotatable bonds is 5. The Bertz CT molecular complexity index is 215. The van der Waals surface area contributed by atoms with E-state index in [1.54, 1.807) is 0 Å². The van der Waals surface area contributed by atoms with E-state index in [0.717, 1.165) is 23.9 Å². The summed E-state index contributed by atoms with van der Waals surface area (Å²) in [7, 11) is 0. The van der Waals surface area contributed by atoms with E-state index in [9.17, 15) is 0 Å². The normalized spacial score (nSPS) is 35.6. The van der Waals surface area contributed by atoms with Crippen molar-refractivity contribution in [3.05, 3.63) is 0 Å². The molecule has 1 aliphatic heterocycles. The van der Waals surface area contributed by atoms with Crippen molar-refractivity contribution in [2.45, 2.75) is 58.5 Å². The number of nitrogens with one attached hydrogen (secondary N) is 1. The lowest BCUT2D eigenvalue weighted by atomic mass is 10.0. The molecule has 0 aromatic heterocycles. The summed E-state index contributed by atoms with van der Waals surface area (Å²) in [6.45, 7) is 10.7. The third-order valence-electron chi connectivity index (χ3n) is 4.06. The minimum absolute atomic E-state index is 0.747. The first kappa shape index (κ1) is 12.4. The quantitative estimate of drug-likeness (QED) is 0.772. The number of hydrogen-bond acceptors (Lipinski definition) is 2. The van der Waals surface area contributed by atoms with Crippen LogP contribution in [0.4, 0.5) is 0 Å². The van der Waals surface area contributed by atoms with E-state index in [1.807, 2.05) is 0 Å². The van der Waals surface area contributed by atoms with Crippen LogP contribution >= 0.6 is 0 Å². The van der Waals surface area contributed by atoms with Gasteiger partial charge in [0, 0.05) is 31.7 Å². The van der Waals surface area contributed by atoms with Crippen LogP contribution < -0.4 is 5.32 Å². The summed E-state index contributed by atoms with van der Waals surface area (Å²) in [5.74, 6) is 1.85. The largest absolute Gasteiger partial charge is 0.311 e. The molecular weight excluding hydrogens is 196 g/mol. The van der Waals surface area contributed by atoms with Crippen molar-refractivity contribution in [2.75, 3.05) is 19.6 Å². The zero-order valence-electron chi connectivity index (χ0n) is 11.2. The van der Waals surface area contributed by atoms with Crippen LogP contribution in [0.1, 0.15) is 46.5 Å². The van der Waals surface area contributed by atoms with Crippen molar-refractivity contribution in [1.82, 2.24) is 10.2 Å². The lowest BCUT2D eigenvalue weighted by Gasteiger charge is -2.35. The summed E-state index contributed by atoms with van der Waals surface area (Å²) in [4.78, 5) is 2.75. The molecule has 0 aromatic rings. The smallest absolute Gasteiger partial charge is 0.0198 e. The van der Waals surface area contributed by atoms with Crippen LogP contribution in [0.15, 0.2) is 0 Å². The monoisotopic (exact) mass is 224 g/mol. The fourth-order valence-corrected chi connectivity index (χ4v) is 3.24. The molecule has 0 aromatic carbocycles. The molecule has 2 aliphatic rings. The van der Waals surface area contributed by atoms with E-state index >= 15 is 0 Å². The molecule has 1 saturated carbocycles. The Balaban J connectivity index is 1.75. The van der Waals surface area contributed by atoms with Crippen LogP contribution in [-0.2, 0) is 0 Å². The Morgan fingerprint density at radius 2 is 2.19 bits per heavy atom. The third-order valence-corrected chi connectivity index (χ3v) is 4.06. The van der Waals surface area contributed by atoms with Crippen LogP contribution in [0.2, 0.25) is 0 Å². The highest BCUT2D eigenvalue weighted by atomic mass is 15.2. The topological polar surface area (TPSA) is 15.3 Å². The minimum Gasteiger partial charge on any atom is -0.311 e. The fraction of sp³-hybridized carbons (Fsp3) is 1.00. The van der Waals surface area contributed by atoms with Crippen LogP contribution in [0, 0.1) is 11.8 Å². The van der Waals surface area contributed by atoms with Gasteiger partial charge in [0.25, 0.3) is 0 Å². The predicted octanol–water partition coefficient (Wildman–Crippen LogP) is 2.49. The molecule has 1 aliphatic carbocycles. The number of nitrogens with zero attached hydrogens (tertiary/aromatic N) is 1. The van der Waals surface area contributed by atoms with E-state index in [4.69, 9.17) is 0 Å². The van der Waals surface area contributed by atoms with Gasteiger partial charge in [-0.1, -0.05) is 27.2 Å². The second-order valence-corrected chi connectivity index (χ2v) is 6.13. The zero-order chi connectivity index (χ0) is 11.5. The molecule has 0 spiro atoms. The van der Waals surface area contributed by atoms with E-state index in [0.29, 0.717) is 0 Å². The van der Waals surface area contributed by atoms with Crippen LogP contribution in [0.3, 0.4) is 0 Å². The van der Waals surface area contributed by atoms with Gasteiger partial charge in [0.05, 0.1) is 0 Å². The Labute approximate surface area is 101 Å². The molecule has 16 heavy (non-hydrogen) atoms. The van der Waals surface area contributed by atoms with Crippen molar-refractivity contribution in [1.29, 1.82) is 0 Å². The molecule has 2 nitrogen and oxygen atoms in total. The van der Waals surface area contributed by atoms with Crippen molar-refractivity contribution < 1.29 is 0 Å². The first-order chi connectivity index (χ1) is 7.70. The number of hydrogen-bond donors (Lipinski definition) is 1. The van der Waals surface area contributed by atoms with Crippen molar-refractivity contribution in [2.24, 2.45) is 11.8 Å². The number of piperazine rings is 1. The molecule has 1 N–H and O–H groups in total.